The van der Waals surface area contributed by atoms with Gasteiger partial charge in [-0.15, -0.1) is 0 Å². The van der Waals surface area contributed by atoms with Crippen molar-refractivity contribution in [2.75, 3.05) is 6.61 Å². The van der Waals surface area contributed by atoms with Crippen molar-refractivity contribution in [2.24, 2.45) is 0 Å². The zero-order valence-corrected chi connectivity index (χ0v) is 58.4. The van der Waals surface area contributed by atoms with Gasteiger partial charge in [-0.25, -0.2) is 0 Å². The summed E-state index contributed by atoms with van der Waals surface area (Å²) < 4.78 is 32.0. The smallest absolute Gasteiger partial charge is 0.313 e. The van der Waals surface area contributed by atoms with Gasteiger partial charge in [0, 0.05) is 0 Å². The maximum Gasteiger partial charge on any atom is 0.313 e. The van der Waals surface area contributed by atoms with E-state index >= 15 is 9.59 Å². The molecule has 88 heavy (non-hydrogen) atoms. The van der Waals surface area contributed by atoms with Crippen LogP contribution in [0.1, 0.15) is 284 Å². The molecule has 1 saturated heterocycles. The SMILES string of the molecule is CC(C(=O)OC[C@H]1OC(O)[C@H](OC(=O)C(C)c2cc(C(C)(C)C)c(O)c(C(C)(C)C)c2)[C@@H](OC(=O)C(C)c2cc(C(C)(C)C)c(O)c(C(C)(C)C)c2)[C@@H]1OC(=O)C(C)c1cc(C(C)(C)C)c(O)c(C(C)(C)C)c1)c1cc(C(C)(C)C)c(O)c(C(C)(C)C)c1. The number of aromatic hydroxyl groups is 4. The molecule has 4 aromatic carbocycles. The number of hydrogen-bond acceptors (Lipinski definition) is 14. The highest BCUT2D eigenvalue weighted by Gasteiger charge is 2.54. The van der Waals surface area contributed by atoms with Crippen LogP contribution in [0.4, 0.5) is 0 Å². The van der Waals surface area contributed by atoms with E-state index in [2.05, 4.69) is 0 Å². The van der Waals surface area contributed by atoms with Gasteiger partial charge < -0.3 is 49.2 Å². The van der Waals surface area contributed by atoms with Crippen molar-refractivity contribution in [3.8, 4) is 23.0 Å². The van der Waals surface area contributed by atoms with Crippen LogP contribution in [0.15, 0.2) is 48.5 Å². The van der Waals surface area contributed by atoms with E-state index in [9.17, 15) is 35.1 Å². The first-order valence-electron chi connectivity index (χ1n) is 31.2. The fraction of sp³-hybridized carbons (Fsp3) is 0.622. The minimum absolute atomic E-state index is 0.0937. The average molecular weight is 1220 g/mol. The monoisotopic (exact) mass is 1220 g/mol. The van der Waals surface area contributed by atoms with E-state index in [0.717, 1.165) is 0 Å². The molecule has 0 saturated carbocycles. The Kier molecular flexibility index (Phi) is 20.9. The van der Waals surface area contributed by atoms with Crippen LogP contribution in [0.3, 0.4) is 0 Å². The summed E-state index contributed by atoms with van der Waals surface area (Å²) in [6, 6.07) is 14.1. The molecule has 4 aromatic rings. The van der Waals surface area contributed by atoms with Crippen molar-refractivity contribution < 1.29 is 68.4 Å². The lowest BCUT2D eigenvalue weighted by molar-refractivity contribution is -0.297. The molecule has 0 bridgehead atoms. The molecule has 488 valence electrons. The predicted octanol–water partition coefficient (Wildman–Crippen LogP) is 15.4. The molecule has 1 fully saturated rings. The maximum absolute atomic E-state index is 15.3. The largest absolute Gasteiger partial charge is 0.507 e. The second kappa shape index (κ2) is 25.3. The molecule has 0 aliphatic carbocycles. The van der Waals surface area contributed by atoms with Gasteiger partial charge >= 0.3 is 23.9 Å². The Morgan fingerprint density at radius 2 is 0.545 bits per heavy atom. The molecule has 1 aliphatic heterocycles. The molecule has 5 N–H and O–H groups in total. The number of phenolic OH excluding ortho intramolecular Hbond substituents is 4. The number of hydrogen-bond donors (Lipinski definition) is 5. The Hall–Kier alpha value is -6.12. The molecule has 14 nitrogen and oxygen atoms in total. The number of ether oxygens (including phenoxy) is 5. The van der Waals surface area contributed by atoms with E-state index in [1.165, 1.54) is 0 Å². The van der Waals surface area contributed by atoms with Crippen LogP contribution < -0.4 is 0 Å². The van der Waals surface area contributed by atoms with Crippen LogP contribution >= 0.6 is 0 Å². The molecule has 0 spiro atoms. The summed E-state index contributed by atoms with van der Waals surface area (Å²) in [7, 11) is 0. The number of carbonyl (C=O) groups excluding carboxylic acids is 4. The topological polar surface area (TPSA) is 216 Å². The third kappa shape index (κ3) is 16.3. The molecule has 1 aliphatic rings. The molecular weight excluding hydrogens is 1110 g/mol. The summed E-state index contributed by atoms with van der Waals surface area (Å²) in [6.07, 6.45) is -9.10. The van der Waals surface area contributed by atoms with Crippen LogP contribution in [0.2, 0.25) is 0 Å². The maximum atomic E-state index is 15.3. The summed E-state index contributed by atoms with van der Waals surface area (Å²) >= 11 is 0. The van der Waals surface area contributed by atoms with E-state index in [-0.39, 0.29) is 23.0 Å². The summed E-state index contributed by atoms with van der Waals surface area (Å²) in [5, 5.41) is 59.1. The fourth-order valence-corrected chi connectivity index (χ4v) is 11.2. The van der Waals surface area contributed by atoms with Crippen LogP contribution in [-0.4, -0.2) is 86.7 Å². The summed E-state index contributed by atoms with van der Waals surface area (Å²) in [6.45, 7) is 52.9. The first-order chi connectivity index (χ1) is 39.6. The minimum Gasteiger partial charge on any atom is -0.507 e. The highest BCUT2D eigenvalue weighted by atomic mass is 16.7. The number of carbonyl (C=O) groups is 4. The molecule has 1 heterocycles. The second-order valence-electron chi connectivity index (χ2n) is 33.1. The number of rotatable bonds is 13. The Balaban J connectivity index is 1.75. The Morgan fingerprint density at radius 3 is 0.761 bits per heavy atom. The average Bonchev–Trinajstić information content (AvgIpc) is 1.31. The fourth-order valence-electron chi connectivity index (χ4n) is 11.2. The van der Waals surface area contributed by atoms with Gasteiger partial charge in [0.1, 0.15) is 35.7 Å². The molecule has 0 amide bonds. The van der Waals surface area contributed by atoms with Gasteiger partial charge in [-0.2, -0.15) is 0 Å². The van der Waals surface area contributed by atoms with Crippen LogP contribution in [0, 0.1) is 0 Å². The van der Waals surface area contributed by atoms with E-state index in [4.69, 9.17) is 23.7 Å². The lowest BCUT2D eigenvalue weighted by Gasteiger charge is -2.43. The molecule has 14 heteroatoms. The molecular formula is C74H108O14. The van der Waals surface area contributed by atoms with Gasteiger partial charge in [-0.1, -0.05) is 215 Å². The van der Waals surface area contributed by atoms with E-state index in [0.29, 0.717) is 66.8 Å². The predicted molar refractivity (Wildman–Crippen MR) is 347 cm³/mol. The van der Waals surface area contributed by atoms with E-state index < -0.39 is 128 Å². The van der Waals surface area contributed by atoms with Gasteiger partial charge in [0.25, 0.3) is 0 Å². The van der Waals surface area contributed by atoms with Gasteiger partial charge in [-0.3, -0.25) is 19.2 Å². The number of phenols is 4. The lowest BCUT2D eigenvalue weighted by atomic mass is 9.77. The second-order valence-corrected chi connectivity index (χ2v) is 33.1. The highest BCUT2D eigenvalue weighted by Crippen LogP contribution is 2.47. The summed E-state index contributed by atoms with van der Waals surface area (Å²) in [5.41, 5.74) is 2.39. The molecule has 0 radical (unpaired) electrons. The lowest BCUT2D eigenvalue weighted by Crippen LogP contribution is -2.63. The van der Waals surface area contributed by atoms with Crippen molar-refractivity contribution >= 4 is 23.9 Å². The molecule has 9 atom stereocenters. The Labute approximate surface area is 526 Å². The zero-order valence-electron chi connectivity index (χ0n) is 58.4. The van der Waals surface area contributed by atoms with Crippen molar-refractivity contribution in [3.63, 3.8) is 0 Å². The normalized spacial score (nSPS) is 19.7. The van der Waals surface area contributed by atoms with Crippen molar-refractivity contribution in [3.05, 3.63) is 115 Å². The van der Waals surface area contributed by atoms with Gasteiger partial charge in [0.2, 0.25) is 0 Å². The number of benzene rings is 4. The quantitative estimate of drug-likeness (QED) is 0.0622. The third-order valence-corrected chi connectivity index (χ3v) is 17.2. The highest BCUT2D eigenvalue weighted by molar-refractivity contribution is 5.81. The van der Waals surface area contributed by atoms with Gasteiger partial charge in [-0.05, 0) is 138 Å². The van der Waals surface area contributed by atoms with Crippen LogP contribution in [0.5, 0.6) is 23.0 Å². The van der Waals surface area contributed by atoms with Crippen LogP contribution in [0.25, 0.3) is 0 Å². The summed E-state index contributed by atoms with van der Waals surface area (Å²) in [5.74, 6) is -7.04. The first-order valence-corrected chi connectivity index (χ1v) is 31.2. The number of aliphatic hydroxyl groups excluding tert-OH is 1. The first kappa shape index (κ1) is 72.6. The van der Waals surface area contributed by atoms with Gasteiger partial charge in [0.15, 0.2) is 24.6 Å². The Bertz CT molecular complexity index is 3090. The summed E-state index contributed by atoms with van der Waals surface area (Å²) in [4.78, 5) is 60.1. The van der Waals surface area contributed by atoms with Crippen molar-refractivity contribution in [2.45, 2.75) is 292 Å². The number of aliphatic hydroxyl groups is 1. The van der Waals surface area contributed by atoms with Crippen LogP contribution in [-0.2, 0) is 86.2 Å². The Morgan fingerprint density at radius 1 is 0.352 bits per heavy atom. The standard InChI is InChI=1S/C74H108O14/c1-38(42-29-46(67(5,6)7)55(75)47(30-42)68(8,9)10)62(79)84-37-54-59(86-63(80)39(2)43-31-48(69(11,12)13)56(76)49(32-43)70(14,15)16)60(87-64(81)40(3)44-33-50(71(17,18)19)57(77)51(34-44)72(20,21)22)61(66(83)85-54)88-65(82)41(4)45-35-52(73(23,24)25)58(78)53(36-45)74(26,27)28/h29-36,38-41,54,59-61,66,75-78,83H,37H2,1-28H3/t38?,39?,40?,41?,54-,59-,60+,61-,66?/m1/s1. The minimum atomic E-state index is -2.08. The number of esters is 4. The third-order valence-electron chi connectivity index (χ3n) is 17.2. The van der Waals surface area contributed by atoms with E-state index in [1.807, 2.05) is 166 Å². The van der Waals surface area contributed by atoms with E-state index in [1.54, 1.807) is 76.2 Å². The van der Waals surface area contributed by atoms with Crippen molar-refractivity contribution in [1.82, 2.24) is 0 Å². The zero-order chi connectivity index (χ0) is 67.6. The molecule has 0 aromatic heterocycles. The molecule has 5 rings (SSSR count). The molecule has 5 unspecified atom stereocenters. The van der Waals surface area contributed by atoms with Crippen molar-refractivity contribution in [1.29, 1.82) is 0 Å². The van der Waals surface area contributed by atoms with Gasteiger partial charge in [0.05, 0.1) is 23.7 Å².